The van der Waals surface area contributed by atoms with Gasteiger partial charge in [0.2, 0.25) is 0 Å². The minimum atomic E-state index is -0.496. The standard InChI is InChI=1S/C12H14N2O2/c1-8(15)7-16-11-5-4-10(13)12-9(11)3-2-6-14-12/h2-6,8,15H,7,13H2,1H3. The van der Waals surface area contributed by atoms with E-state index >= 15 is 0 Å². The molecule has 0 spiro atoms. The van der Waals surface area contributed by atoms with Crippen molar-refractivity contribution in [3.8, 4) is 5.75 Å². The summed E-state index contributed by atoms with van der Waals surface area (Å²) >= 11 is 0. The highest BCUT2D eigenvalue weighted by atomic mass is 16.5. The molecular weight excluding hydrogens is 204 g/mol. The Morgan fingerprint density at radius 2 is 2.25 bits per heavy atom. The molecule has 0 amide bonds. The van der Waals surface area contributed by atoms with Crippen LogP contribution in [0.3, 0.4) is 0 Å². The molecule has 0 fully saturated rings. The smallest absolute Gasteiger partial charge is 0.128 e. The molecule has 3 N–H and O–H groups in total. The van der Waals surface area contributed by atoms with Crippen molar-refractivity contribution < 1.29 is 9.84 Å². The lowest BCUT2D eigenvalue weighted by molar-refractivity contribution is 0.123. The third kappa shape index (κ3) is 2.06. The molecule has 0 saturated carbocycles. The summed E-state index contributed by atoms with van der Waals surface area (Å²) in [4.78, 5) is 4.20. The monoisotopic (exact) mass is 218 g/mol. The Balaban J connectivity index is 2.42. The van der Waals surface area contributed by atoms with Crippen molar-refractivity contribution in [1.29, 1.82) is 0 Å². The summed E-state index contributed by atoms with van der Waals surface area (Å²) in [7, 11) is 0. The van der Waals surface area contributed by atoms with Crippen LogP contribution in [0.4, 0.5) is 5.69 Å². The predicted octanol–water partition coefficient (Wildman–Crippen LogP) is 1.58. The highest BCUT2D eigenvalue weighted by molar-refractivity contribution is 5.93. The Kier molecular flexibility index (Phi) is 2.92. The van der Waals surface area contributed by atoms with Gasteiger partial charge in [-0.1, -0.05) is 0 Å². The van der Waals surface area contributed by atoms with Crippen LogP contribution in [0.25, 0.3) is 10.9 Å². The first kappa shape index (κ1) is 10.7. The van der Waals surface area contributed by atoms with Crippen molar-refractivity contribution in [3.05, 3.63) is 30.5 Å². The first-order chi connectivity index (χ1) is 7.68. The fraction of sp³-hybridized carbons (Fsp3) is 0.250. The van der Waals surface area contributed by atoms with Crippen LogP contribution in [0.5, 0.6) is 5.75 Å². The number of hydrogen-bond acceptors (Lipinski definition) is 4. The summed E-state index contributed by atoms with van der Waals surface area (Å²) in [5.41, 5.74) is 7.17. The minimum absolute atomic E-state index is 0.258. The lowest BCUT2D eigenvalue weighted by Crippen LogP contribution is -2.13. The van der Waals surface area contributed by atoms with E-state index in [1.807, 2.05) is 12.1 Å². The molecule has 1 unspecified atom stereocenters. The molecule has 4 heteroatoms. The number of hydrogen-bond donors (Lipinski definition) is 2. The van der Waals surface area contributed by atoms with Gasteiger partial charge >= 0.3 is 0 Å². The number of anilines is 1. The number of nitrogens with two attached hydrogens (primary N) is 1. The zero-order chi connectivity index (χ0) is 11.5. The summed E-state index contributed by atoms with van der Waals surface area (Å²) in [6, 6.07) is 7.28. The molecule has 0 bridgehead atoms. The van der Waals surface area contributed by atoms with E-state index in [-0.39, 0.29) is 6.61 Å². The second-order valence-corrected chi connectivity index (χ2v) is 3.71. The molecule has 0 aliphatic carbocycles. The van der Waals surface area contributed by atoms with Gasteiger partial charge in [-0.2, -0.15) is 0 Å². The molecule has 0 radical (unpaired) electrons. The van der Waals surface area contributed by atoms with Crippen LogP contribution in [0.1, 0.15) is 6.92 Å². The fourth-order valence-electron chi connectivity index (χ4n) is 1.50. The molecule has 84 valence electrons. The van der Waals surface area contributed by atoms with Gasteiger partial charge in [-0.05, 0) is 31.2 Å². The van der Waals surface area contributed by atoms with E-state index in [4.69, 9.17) is 10.5 Å². The Morgan fingerprint density at radius 3 is 3.00 bits per heavy atom. The van der Waals surface area contributed by atoms with Crippen molar-refractivity contribution >= 4 is 16.6 Å². The van der Waals surface area contributed by atoms with Gasteiger partial charge in [-0.3, -0.25) is 4.98 Å². The van der Waals surface area contributed by atoms with Gasteiger partial charge in [0, 0.05) is 11.6 Å². The molecule has 1 heterocycles. The van der Waals surface area contributed by atoms with Crippen molar-refractivity contribution in [2.24, 2.45) is 0 Å². The molecule has 0 saturated heterocycles. The number of rotatable bonds is 3. The van der Waals surface area contributed by atoms with E-state index in [9.17, 15) is 5.11 Å². The maximum Gasteiger partial charge on any atom is 0.128 e. The van der Waals surface area contributed by atoms with E-state index in [1.165, 1.54) is 0 Å². The second-order valence-electron chi connectivity index (χ2n) is 3.71. The van der Waals surface area contributed by atoms with Crippen LogP contribution in [-0.4, -0.2) is 22.8 Å². The summed E-state index contributed by atoms with van der Waals surface area (Å²) in [5, 5.41) is 10.0. The molecule has 16 heavy (non-hydrogen) atoms. The van der Waals surface area contributed by atoms with Crippen molar-refractivity contribution in [1.82, 2.24) is 4.98 Å². The first-order valence-electron chi connectivity index (χ1n) is 5.12. The van der Waals surface area contributed by atoms with E-state index in [2.05, 4.69) is 4.98 Å². The third-order valence-electron chi connectivity index (χ3n) is 2.24. The number of benzene rings is 1. The summed E-state index contributed by atoms with van der Waals surface area (Å²) < 4.78 is 5.49. The molecule has 4 nitrogen and oxygen atoms in total. The number of fused-ring (bicyclic) bond motifs is 1. The van der Waals surface area contributed by atoms with Gasteiger partial charge in [0.25, 0.3) is 0 Å². The van der Waals surface area contributed by atoms with Crippen LogP contribution in [-0.2, 0) is 0 Å². The third-order valence-corrected chi connectivity index (χ3v) is 2.24. The number of aromatic nitrogens is 1. The minimum Gasteiger partial charge on any atom is -0.490 e. The Hall–Kier alpha value is -1.81. The molecule has 2 rings (SSSR count). The Morgan fingerprint density at radius 1 is 1.44 bits per heavy atom. The average Bonchev–Trinajstić information content (AvgIpc) is 2.28. The number of nitrogen functional groups attached to an aromatic ring is 1. The number of aliphatic hydroxyl groups excluding tert-OH is 1. The van der Waals surface area contributed by atoms with Crippen LogP contribution < -0.4 is 10.5 Å². The Labute approximate surface area is 93.7 Å². The fourth-order valence-corrected chi connectivity index (χ4v) is 1.50. The maximum atomic E-state index is 9.18. The quantitative estimate of drug-likeness (QED) is 0.767. The van der Waals surface area contributed by atoms with E-state index < -0.39 is 6.10 Å². The first-order valence-corrected chi connectivity index (χ1v) is 5.12. The van der Waals surface area contributed by atoms with E-state index in [0.29, 0.717) is 11.4 Å². The highest BCUT2D eigenvalue weighted by Gasteiger charge is 2.06. The maximum absolute atomic E-state index is 9.18. The SMILES string of the molecule is CC(O)COc1ccc(N)c2ncccc12. The largest absolute Gasteiger partial charge is 0.490 e. The molecule has 2 aromatic rings. The number of pyridine rings is 1. The van der Waals surface area contributed by atoms with Gasteiger partial charge in [-0.25, -0.2) is 0 Å². The van der Waals surface area contributed by atoms with Crippen LogP contribution in [0, 0.1) is 0 Å². The van der Waals surface area contributed by atoms with Crippen LogP contribution >= 0.6 is 0 Å². The molecule has 1 atom stereocenters. The zero-order valence-electron chi connectivity index (χ0n) is 9.05. The molecule has 1 aromatic heterocycles. The highest BCUT2D eigenvalue weighted by Crippen LogP contribution is 2.28. The normalized spacial score (nSPS) is 12.6. The van der Waals surface area contributed by atoms with Crippen LogP contribution in [0.2, 0.25) is 0 Å². The van der Waals surface area contributed by atoms with Gasteiger partial charge in [0.15, 0.2) is 0 Å². The molecule has 0 aliphatic heterocycles. The average molecular weight is 218 g/mol. The molecule has 1 aromatic carbocycles. The summed E-state index contributed by atoms with van der Waals surface area (Å²) in [6.45, 7) is 1.94. The van der Waals surface area contributed by atoms with Crippen molar-refractivity contribution in [2.75, 3.05) is 12.3 Å². The van der Waals surface area contributed by atoms with Gasteiger partial charge in [-0.15, -0.1) is 0 Å². The number of aliphatic hydroxyl groups is 1. The van der Waals surface area contributed by atoms with Gasteiger partial charge in [0.1, 0.15) is 12.4 Å². The topological polar surface area (TPSA) is 68.4 Å². The van der Waals surface area contributed by atoms with Gasteiger partial charge in [0.05, 0.1) is 17.3 Å². The van der Waals surface area contributed by atoms with Crippen molar-refractivity contribution in [2.45, 2.75) is 13.0 Å². The molecular formula is C12H14N2O2. The van der Waals surface area contributed by atoms with Gasteiger partial charge < -0.3 is 15.6 Å². The summed E-state index contributed by atoms with van der Waals surface area (Å²) in [5.74, 6) is 0.693. The van der Waals surface area contributed by atoms with E-state index in [0.717, 1.165) is 10.9 Å². The second kappa shape index (κ2) is 4.37. The van der Waals surface area contributed by atoms with Crippen molar-refractivity contribution in [3.63, 3.8) is 0 Å². The van der Waals surface area contributed by atoms with E-state index in [1.54, 1.807) is 25.3 Å². The lowest BCUT2D eigenvalue weighted by Gasteiger charge is -2.11. The number of nitrogens with zero attached hydrogens (tertiary/aromatic N) is 1. The molecule has 0 aliphatic rings. The predicted molar refractivity (Wildman–Crippen MR) is 63.3 cm³/mol. The lowest BCUT2D eigenvalue weighted by atomic mass is 10.2. The summed E-state index contributed by atoms with van der Waals surface area (Å²) in [6.07, 6.45) is 1.20. The number of ether oxygens (including phenoxy) is 1. The Bertz CT molecular complexity index is 497. The van der Waals surface area contributed by atoms with Crippen LogP contribution in [0.15, 0.2) is 30.5 Å². The zero-order valence-corrected chi connectivity index (χ0v) is 9.05.